The highest BCUT2D eigenvalue weighted by molar-refractivity contribution is 5.81. The second-order valence-corrected chi connectivity index (χ2v) is 6.21. The fraction of sp³-hybridized carbons (Fsp3) is 0.381. The first-order chi connectivity index (χ1) is 14.0. The van der Waals surface area contributed by atoms with Crippen molar-refractivity contribution in [1.82, 2.24) is 5.32 Å². The molecule has 2 aromatic carbocycles. The van der Waals surface area contributed by atoms with E-state index in [1.165, 1.54) is 0 Å². The first-order valence-electron chi connectivity index (χ1n) is 8.96. The summed E-state index contributed by atoms with van der Waals surface area (Å²) in [5.74, 6) is 2.71. The number of likely N-dealkylation sites (N-methyl/N-ethyl adjacent to an activating group) is 1. The SMILES string of the molecule is COc1ccc(N(C)CC(=O)NCc2cc(OC)c(OC)c(OC)c2)cc1OC. The molecule has 8 heteroatoms. The van der Waals surface area contributed by atoms with Crippen LogP contribution >= 0.6 is 0 Å². The van der Waals surface area contributed by atoms with Gasteiger partial charge < -0.3 is 33.9 Å². The Hall–Kier alpha value is -3.29. The number of anilines is 1. The maximum atomic E-state index is 12.4. The second kappa shape index (κ2) is 10.3. The van der Waals surface area contributed by atoms with Crippen molar-refractivity contribution in [2.45, 2.75) is 6.54 Å². The molecule has 0 bridgehead atoms. The molecule has 1 N–H and O–H groups in total. The van der Waals surface area contributed by atoms with E-state index in [9.17, 15) is 4.79 Å². The number of amides is 1. The summed E-state index contributed by atoms with van der Waals surface area (Å²) in [7, 11) is 9.64. The predicted octanol–water partition coefficient (Wildman–Crippen LogP) is 2.48. The van der Waals surface area contributed by atoms with Gasteiger partial charge in [0.1, 0.15) is 0 Å². The number of nitrogens with zero attached hydrogens (tertiary/aromatic N) is 1. The number of ether oxygens (including phenoxy) is 5. The van der Waals surface area contributed by atoms with E-state index in [-0.39, 0.29) is 12.5 Å². The van der Waals surface area contributed by atoms with Crippen LogP contribution < -0.4 is 33.9 Å². The van der Waals surface area contributed by atoms with Crippen LogP contribution in [0.5, 0.6) is 28.7 Å². The molecule has 0 aliphatic rings. The van der Waals surface area contributed by atoms with Gasteiger partial charge in [0, 0.05) is 25.3 Å². The van der Waals surface area contributed by atoms with Crippen LogP contribution in [0.1, 0.15) is 5.56 Å². The number of rotatable bonds is 10. The third-order valence-electron chi connectivity index (χ3n) is 4.40. The molecule has 0 spiro atoms. The Bertz CT molecular complexity index is 815. The Labute approximate surface area is 171 Å². The van der Waals surface area contributed by atoms with Crippen molar-refractivity contribution < 1.29 is 28.5 Å². The number of hydrogen-bond donors (Lipinski definition) is 1. The molecule has 0 radical (unpaired) electrons. The van der Waals surface area contributed by atoms with E-state index in [0.717, 1.165) is 11.3 Å². The van der Waals surface area contributed by atoms with Crippen LogP contribution in [0.4, 0.5) is 5.69 Å². The number of nitrogens with one attached hydrogen (secondary N) is 1. The largest absolute Gasteiger partial charge is 0.493 e. The third kappa shape index (κ3) is 5.37. The first-order valence-corrected chi connectivity index (χ1v) is 8.96. The summed E-state index contributed by atoms with van der Waals surface area (Å²) < 4.78 is 26.6. The van der Waals surface area contributed by atoms with Crippen LogP contribution in [0, 0.1) is 0 Å². The smallest absolute Gasteiger partial charge is 0.239 e. The Morgan fingerprint density at radius 1 is 0.828 bits per heavy atom. The van der Waals surface area contributed by atoms with E-state index in [1.54, 1.807) is 53.7 Å². The molecule has 0 saturated carbocycles. The van der Waals surface area contributed by atoms with Crippen molar-refractivity contribution in [1.29, 1.82) is 0 Å². The number of carbonyl (C=O) groups excluding carboxylic acids is 1. The highest BCUT2D eigenvalue weighted by Crippen LogP contribution is 2.38. The van der Waals surface area contributed by atoms with Crippen LogP contribution in [-0.2, 0) is 11.3 Å². The van der Waals surface area contributed by atoms with E-state index >= 15 is 0 Å². The molecule has 2 aromatic rings. The molecule has 8 nitrogen and oxygen atoms in total. The van der Waals surface area contributed by atoms with E-state index < -0.39 is 0 Å². The van der Waals surface area contributed by atoms with Gasteiger partial charge in [0.05, 0.1) is 42.1 Å². The minimum Gasteiger partial charge on any atom is -0.493 e. The summed E-state index contributed by atoms with van der Waals surface area (Å²) in [5.41, 5.74) is 1.67. The van der Waals surface area contributed by atoms with Gasteiger partial charge in [-0.05, 0) is 29.8 Å². The molecule has 0 atom stereocenters. The van der Waals surface area contributed by atoms with Crippen LogP contribution in [-0.4, -0.2) is 55.0 Å². The minimum absolute atomic E-state index is 0.129. The molecule has 0 fully saturated rings. The maximum Gasteiger partial charge on any atom is 0.239 e. The Morgan fingerprint density at radius 3 is 1.93 bits per heavy atom. The van der Waals surface area contributed by atoms with Crippen molar-refractivity contribution in [3.63, 3.8) is 0 Å². The standard InChI is InChI=1S/C21H28N2O6/c1-23(15-7-8-16(25-2)17(11-15)26-3)13-20(24)22-12-14-9-18(27-4)21(29-6)19(10-14)28-5/h7-11H,12-13H2,1-6H3,(H,22,24). The molecular formula is C21H28N2O6. The molecule has 0 heterocycles. The molecule has 0 saturated heterocycles. The lowest BCUT2D eigenvalue weighted by atomic mass is 10.1. The zero-order valence-corrected chi connectivity index (χ0v) is 17.7. The van der Waals surface area contributed by atoms with Gasteiger partial charge in [-0.3, -0.25) is 4.79 Å². The highest BCUT2D eigenvalue weighted by Gasteiger charge is 2.15. The van der Waals surface area contributed by atoms with Crippen molar-refractivity contribution in [2.24, 2.45) is 0 Å². The average Bonchev–Trinajstić information content (AvgIpc) is 2.75. The molecule has 0 aliphatic heterocycles. The quantitative estimate of drug-likeness (QED) is 0.652. The zero-order chi connectivity index (χ0) is 21.4. The van der Waals surface area contributed by atoms with Gasteiger partial charge in [-0.1, -0.05) is 0 Å². The van der Waals surface area contributed by atoms with E-state index in [2.05, 4.69) is 5.32 Å². The van der Waals surface area contributed by atoms with E-state index in [1.807, 2.05) is 24.1 Å². The average molecular weight is 404 g/mol. The van der Waals surface area contributed by atoms with Crippen LogP contribution in [0.15, 0.2) is 30.3 Å². The van der Waals surface area contributed by atoms with Crippen LogP contribution in [0.2, 0.25) is 0 Å². The lowest BCUT2D eigenvalue weighted by Gasteiger charge is -2.20. The fourth-order valence-electron chi connectivity index (χ4n) is 2.86. The van der Waals surface area contributed by atoms with Gasteiger partial charge in [-0.15, -0.1) is 0 Å². The van der Waals surface area contributed by atoms with Crippen molar-refractivity contribution in [3.05, 3.63) is 35.9 Å². The van der Waals surface area contributed by atoms with Gasteiger partial charge >= 0.3 is 0 Å². The lowest BCUT2D eigenvalue weighted by Crippen LogP contribution is -2.34. The van der Waals surface area contributed by atoms with Gasteiger partial charge in [0.2, 0.25) is 11.7 Å². The van der Waals surface area contributed by atoms with E-state index in [4.69, 9.17) is 23.7 Å². The molecule has 1 amide bonds. The Morgan fingerprint density at radius 2 is 1.41 bits per heavy atom. The normalized spacial score (nSPS) is 10.1. The van der Waals surface area contributed by atoms with Crippen molar-refractivity contribution in [2.75, 3.05) is 54.0 Å². The molecule has 0 aromatic heterocycles. The summed E-state index contributed by atoms with van der Waals surface area (Å²) in [6, 6.07) is 9.11. The lowest BCUT2D eigenvalue weighted by molar-refractivity contribution is -0.119. The van der Waals surface area contributed by atoms with Crippen molar-refractivity contribution >= 4 is 11.6 Å². The third-order valence-corrected chi connectivity index (χ3v) is 4.40. The Kier molecular flexibility index (Phi) is 7.82. The second-order valence-electron chi connectivity index (χ2n) is 6.21. The molecule has 158 valence electrons. The molecule has 2 rings (SSSR count). The monoisotopic (exact) mass is 404 g/mol. The highest BCUT2D eigenvalue weighted by atomic mass is 16.5. The minimum atomic E-state index is -0.129. The molecule has 29 heavy (non-hydrogen) atoms. The Balaban J connectivity index is 2.03. The molecular weight excluding hydrogens is 376 g/mol. The van der Waals surface area contributed by atoms with Crippen molar-refractivity contribution in [3.8, 4) is 28.7 Å². The van der Waals surface area contributed by atoms with Gasteiger partial charge in [-0.25, -0.2) is 0 Å². The fourth-order valence-corrected chi connectivity index (χ4v) is 2.86. The van der Waals surface area contributed by atoms with Gasteiger partial charge in [-0.2, -0.15) is 0 Å². The number of hydrogen-bond acceptors (Lipinski definition) is 7. The van der Waals surface area contributed by atoms with Crippen LogP contribution in [0.3, 0.4) is 0 Å². The van der Waals surface area contributed by atoms with Crippen LogP contribution in [0.25, 0.3) is 0 Å². The number of benzene rings is 2. The van der Waals surface area contributed by atoms with Gasteiger partial charge in [0.15, 0.2) is 23.0 Å². The summed E-state index contributed by atoms with van der Waals surface area (Å²) in [4.78, 5) is 14.2. The summed E-state index contributed by atoms with van der Waals surface area (Å²) in [5, 5.41) is 2.90. The zero-order valence-electron chi connectivity index (χ0n) is 17.7. The first kappa shape index (κ1) is 22.0. The molecule has 0 aliphatic carbocycles. The van der Waals surface area contributed by atoms with Gasteiger partial charge in [0.25, 0.3) is 0 Å². The number of methoxy groups -OCH3 is 5. The maximum absolute atomic E-state index is 12.4. The number of carbonyl (C=O) groups is 1. The summed E-state index contributed by atoms with van der Waals surface area (Å²) >= 11 is 0. The molecule has 0 unspecified atom stereocenters. The van der Waals surface area contributed by atoms with E-state index in [0.29, 0.717) is 35.3 Å². The topological polar surface area (TPSA) is 78.5 Å². The predicted molar refractivity (Wildman–Crippen MR) is 111 cm³/mol. The summed E-state index contributed by atoms with van der Waals surface area (Å²) in [6.45, 7) is 0.509. The summed E-state index contributed by atoms with van der Waals surface area (Å²) in [6.07, 6.45) is 0.